The van der Waals surface area contributed by atoms with Crippen molar-refractivity contribution >= 4 is 54.3 Å². The van der Waals surface area contributed by atoms with Gasteiger partial charge >= 0.3 is 0 Å². The lowest BCUT2D eigenvalue weighted by Crippen LogP contribution is -2.15. The molecule has 0 fully saturated rings. The smallest absolute Gasteiger partial charge is 0.136 e. The zero-order chi connectivity index (χ0) is 30.6. The monoisotopic (exact) mass is 586 g/mol. The molecule has 0 saturated heterocycles. The first kappa shape index (κ1) is 25.6. The summed E-state index contributed by atoms with van der Waals surface area (Å²) >= 11 is 0. The molecule has 0 unspecified atom stereocenters. The van der Waals surface area contributed by atoms with Crippen LogP contribution in [0.2, 0.25) is 0 Å². The van der Waals surface area contributed by atoms with E-state index in [0.717, 1.165) is 16.6 Å². The van der Waals surface area contributed by atoms with E-state index in [4.69, 9.17) is 4.42 Å². The third-order valence-electron chi connectivity index (χ3n) is 10.4. The van der Waals surface area contributed by atoms with Gasteiger partial charge < -0.3 is 4.42 Å². The van der Waals surface area contributed by atoms with Gasteiger partial charge in [-0.3, -0.25) is 0 Å². The second-order valence-electron chi connectivity index (χ2n) is 13.3. The van der Waals surface area contributed by atoms with Crippen molar-refractivity contribution in [2.45, 2.75) is 19.3 Å². The predicted octanol–water partition coefficient (Wildman–Crippen LogP) is 12.7. The fourth-order valence-corrected chi connectivity index (χ4v) is 8.11. The molecule has 1 aromatic heterocycles. The molecule has 216 valence electrons. The van der Waals surface area contributed by atoms with Crippen LogP contribution in [0.5, 0.6) is 0 Å². The topological polar surface area (TPSA) is 13.1 Å². The summed E-state index contributed by atoms with van der Waals surface area (Å²) in [4.78, 5) is 0. The molecule has 0 saturated carbocycles. The molecule has 1 heteroatoms. The molecule has 46 heavy (non-hydrogen) atoms. The highest BCUT2D eigenvalue weighted by Crippen LogP contribution is 2.55. The minimum atomic E-state index is -0.168. The second kappa shape index (κ2) is 9.19. The first-order valence-corrected chi connectivity index (χ1v) is 16.1. The van der Waals surface area contributed by atoms with Gasteiger partial charge in [0.15, 0.2) is 0 Å². The molecule has 1 aliphatic rings. The van der Waals surface area contributed by atoms with Gasteiger partial charge in [-0.1, -0.05) is 123 Å². The summed E-state index contributed by atoms with van der Waals surface area (Å²) in [5.74, 6) is 0. The first-order chi connectivity index (χ1) is 22.5. The number of benzene rings is 8. The molecule has 0 N–H and O–H groups in total. The normalized spacial score (nSPS) is 13.6. The third-order valence-corrected chi connectivity index (χ3v) is 10.4. The molecule has 8 aromatic carbocycles. The van der Waals surface area contributed by atoms with Crippen LogP contribution in [0.15, 0.2) is 150 Å². The van der Waals surface area contributed by atoms with Crippen molar-refractivity contribution in [3.8, 4) is 33.4 Å². The summed E-state index contributed by atoms with van der Waals surface area (Å²) in [6, 6.07) is 53.5. The van der Waals surface area contributed by atoms with E-state index < -0.39 is 0 Å². The van der Waals surface area contributed by atoms with Crippen LogP contribution in [0.3, 0.4) is 0 Å². The maximum absolute atomic E-state index is 6.45. The quantitative estimate of drug-likeness (QED) is 0.196. The summed E-state index contributed by atoms with van der Waals surface area (Å²) in [6.07, 6.45) is 0. The van der Waals surface area contributed by atoms with Crippen LogP contribution in [0.1, 0.15) is 25.0 Å². The van der Waals surface area contributed by atoms with E-state index in [1.54, 1.807) is 0 Å². The van der Waals surface area contributed by atoms with Crippen LogP contribution in [0.25, 0.3) is 87.6 Å². The van der Waals surface area contributed by atoms with Gasteiger partial charge in [-0.15, -0.1) is 0 Å². The number of fused-ring (bicyclic) bond motifs is 9. The molecular formula is C45H30O. The van der Waals surface area contributed by atoms with Crippen molar-refractivity contribution in [1.82, 2.24) is 0 Å². The lowest BCUT2D eigenvalue weighted by Gasteiger charge is -2.23. The summed E-state index contributed by atoms with van der Waals surface area (Å²) in [5.41, 5.74) is 12.2. The number of rotatable bonds is 2. The Bertz CT molecular complexity index is 2720. The van der Waals surface area contributed by atoms with Crippen LogP contribution in [0, 0.1) is 0 Å². The van der Waals surface area contributed by atoms with Crippen LogP contribution in [-0.4, -0.2) is 0 Å². The van der Waals surface area contributed by atoms with Crippen molar-refractivity contribution < 1.29 is 4.42 Å². The molecule has 0 aliphatic heterocycles. The molecule has 1 aliphatic carbocycles. The fourth-order valence-electron chi connectivity index (χ4n) is 8.11. The molecule has 0 amide bonds. The average molecular weight is 587 g/mol. The van der Waals surface area contributed by atoms with E-state index in [1.165, 1.54) is 82.2 Å². The minimum absolute atomic E-state index is 0.168. The SMILES string of the molecule is CC1(C)c2cc(-c3cccc4oc5cc6ccccc6cc5c34)ccc2-c2c1cc1ccccc1c2-c1ccc2ccccc2c1. The Labute approximate surface area is 267 Å². The molecule has 0 radical (unpaired) electrons. The highest BCUT2D eigenvalue weighted by atomic mass is 16.3. The van der Waals surface area contributed by atoms with Gasteiger partial charge in [-0.05, 0) is 113 Å². The first-order valence-electron chi connectivity index (χ1n) is 16.1. The number of furan rings is 1. The Kier molecular flexibility index (Phi) is 5.12. The second-order valence-corrected chi connectivity index (χ2v) is 13.3. The number of hydrogen-bond acceptors (Lipinski definition) is 1. The standard InChI is InChI=1S/C45H30O/c1-45(2)38-24-32(35-16-9-17-40-43(35)37-23-29-12-5-6-13-30(29)26-41(37)46-40)20-21-36(38)44-39(45)25-31-14-7-8-15-34(31)42(44)33-19-18-27-10-3-4-11-28(27)22-33/h3-26H,1-2H3. The van der Waals surface area contributed by atoms with Crippen LogP contribution in [0.4, 0.5) is 0 Å². The molecule has 10 rings (SSSR count). The Morgan fingerprint density at radius 1 is 0.413 bits per heavy atom. The van der Waals surface area contributed by atoms with E-state index in [0.29, 0.717) is 0 Å². The van der Waals surface area contributed by atoms with Crippen LogP contribution < -0.4 is 0 Å². The lowest BCUT2D eigenvalue weighted by atomic mass is 9.80. The van der Waals surface area contributed by atoms with Gasteiger partial charge in [0, 0.05) is 16.2 Å². The fraction of sp³-hybridized carbons (Fsp3) is 0.0667. The molecule has 1 nitrogen and oxygen atoms in total. The van der Waals surface area contributed by atoms with Crippen LogP contribution >= 0.6 is 0 Å². The minimum Gasteiger partial charge on any atom is -0.456 e. The zero-order valence-corrected chi connectivity index (χ0v) is 25.8. The van der Waals surface area contributed by atoms with Crippen LogP contribution in [-0.2, 0) is 5.41 Å². The summed E-state index contributed by atoms with van der Waals surface area (Å²) in [5, 5.41) is 9.88. The van der Waals surface area contributed by atoms with E-state index in [2.05, 4.69) is 159 Å². The van der Waals surface area contributed by atoms with Gasteiger partial charge in [0.2, 0.25) is 0 Å². The van der Waals surface area contributed by atoms with Gasteiger partial charge in [0.1, 0.15) is 11.2 Å². The summed E-state index contributed by atoms with van der Waals surface area (Å²) < 4.78 is 6.45. The van der Waals surface area contributed by atoms with E-state index in [-0.39, 0.29) is 5.41 Å². The molecule has 9 aromatic rings. The van der Waals surface area contributed by atoms with E-state index in [9.17, 15) is 0 Å². The molecule has 0 atom stereocenters. The summed E-state index contributed by atoms with van der Waals surface area (Å²) in [7, 11) is 0. The maximum atomic E-state index is 6.45. The molecular weight excluding hydrogens is 556 g/mol. The zero-order valence-electron chi connectivity index (χ0n) is 25.8. The molecule has 0 bridgehead atoms. The summed E-state index contributed by atoms with van der Waals surface area (Å²) in [6.45, 7) is 4.78. The van der Waals surface area contributed by atoms with Gasteiger partial charge in [-0.2, -0.15) is 0 Å². The average Bonchev–Trinajstić information content (AvgIpc) is 3.56. The number of hydrogen-bond donors (Lipinski definition) is 0. The van der Waals surface area contributed by atoms with Gasteiger partial charge in [0.05, 0.1) is 0 Å². The highest BCUT2D eigenvalue weighted by Gasteiger charge is 2.38. The Morgan fingerprint density at radius 2 is 1.11 bits per heavy atom. The van der Waals surface area contributed by atoms with Crippen molar-refractivity contribution in [1.29, 1.82) is 0 Å². The van der Waals surface area contributed by atoms with Gasteiger partial charge in [0.25, 0.3) is 0 Å². The molecule has 1 heterocycles. The Hall–Kier alpha value is -5.66. The van der Waals surface area contributed by atoms with Crippen molar-refractivity contribution in [2.24, 2.45) is 0 Å². The van der Waals surface area contributed by atoms with E-state index >= 15 is 0 Å². The highest BCUT2D eigenvalue weighted by molar-refractivity contribution is 6.16. The Morgan fingerprint density at radius 3 is 1.93 bits per heavy atom. The third kappa shape index (κ3) is 3.51. The maximum Gasteiger partial charge on any atom is 0.136 e. The van der Waals surface area contributed by atoms with Crippen molar-refractivity contribution in [2.75, 3.05) is 0 Å². The largest absolute Gasteiger partial charge is 0.456 e. The molecule has 0 spiro atoms. The van der Waals surface area contributed by atoms with Gasteiger partial charge in [-0.25, -0.2) is 0 Å². The van der Waals surface area contributed by atoms with E-state index in [1.807, 2.05) is 0 Å². The van der Waals surface area contributed by atoms with Crippen molar-refractivity contribution in [3.05, 3.63) is 157 Å². The Balaban J connectivity index is 1.23. The lowest BCUT2D eigenvalue weighted by molar-refractivity contribution is 0.661. The van der Waals surface area contributed by atoms with Crippen molar-refractivity contribution in [3.63, 3.8) is 0 Å². The predicted molar refractivity (Wildman–Crippen MR) is 195 cm³/mol.